The van der Waals surface area contributed by atoms with E-state index in [9.17, 15) is 4.79 Å². The van der Waals surface area contributed by atoms with E-state index in [2.05, 4.69) is 15.6 Å². The summed E-state index contributed by atoms with van der Waals surface area (Å²) in [5.41, 5.74) is 0.547. The van der Waals surface area contributed by atoms with Crippen LogP contribution < -0.4 is 20.1 Å². The van der Waals surface area contributed by atoms with Crippen molar-refractivity contribution in [3.05, 3.63) is 60.3 Å². The molecule has 0 saturated carbocycles. The minimum absolute atomic E-state index is 0. The second-order valence-corrected chi connectivity index (χ2v) is 6.83. The topological polar surface area (TPSA) is 72.5 Å². The standard InChI is InChI=1S/C22H23N3O3.ClH/c1-27-18-5-2-15(3-6-18)22(26)25-21-13-17-12-20(7-4-16(17)14-24-21)28-19-8-10-23-11-9-19;/h2-7,12-14,19,23H,8-11H2,1H3,(H,24,25,26);1H. The first-order chi connectivity index (χ1) is 13.7. The summed E-state index contributed by atoms with van der Waals surface area (Å²) in [4.78, 5) is 16.8. The molecule has 4 rings (SSSR count). The number of piperidine rings is 1. The van der Waals surface area contributed by atoms with E-state index >= 15 is 0 Å². The van der Waals surface area contributed by atoms with Crippen molar-refractivity contribution >= 4 is 34.9 Å². The van der Waals surface area contributed by atoms with Gasteiger partial charge >= 0.3 is 0 Å². The summed E-state index contributed by atoms with van der Waals surface area (Å²) in [7, 11) is 1.59. The molecule has 0 bridgehead atoms. The van der Waals surface area contributed by atoms with Crippen molar-refractivity contribution in [3.63, 3.8) is 0 Å². The number of pyridine rings is 1. The van der Waals surface area contributed by atoms with Crippen molar-refractivity contribution in [2.24, 2.45) is 0 Å². The Hall–Kier alpha value is -2.83. The van der Waals surface area contributed by atoms with Crippen LogP contribution in [0.2, 0.25) is 0 Å². The van der Waals surface area contributed by atoms with E-state index in [-0.39, 0.29) is 24.4 Å². The number of amides is 1. The van der Waals surface area contributed by atoms with E-state index in [1.54, 1.807) is 37.6 Å². The summed E-state index contributed by atoms with van der Waals surface area (Å²) in [5, 5.41) is 8.17. The molecule has 0 unspecified atom stereocenters. The average Bonchev–Trinajstić information content (AvgIpc) is 2.74. The fourth-order valence-corrected chi connectivity index (χ4v) is 3.30. The number of carbonyl (C=O) groups excluding carboxylic acids is 1. The Morgan fingerprint density at radius 1 is 1.03 bits per heavy atom. The highest BCUT2D eigenvalue weighted by molar-refractivity contribution is 6.04. The molecule has 2 N–H and O–H groups in total. The van der Waals surface area contributed by atoms with Gasteiger partial charge < -0.3 is 20.1 Å². The largest absolute Gasteiger partial charge is 0.497 e. The fraction of sp³-hybridized carbons (Fsp3) is 0.273. The van der Waals surface area contributed by atoms with E-state index in [0.717, 1.165) is 42.5 Å². The lowest BCUT2D eigenvalue weighted by atomic mass is 10.1. The van der Waals surface area contributed by atoms with Crippen molar-refractivity contribution < 1.29 is 14.3 Å². The number of rotatable bonds is 5. The third kappa shape index (κ3) is 5.16. The second kappa shape index (κ2) is 9.58. The predicted molar refractivity (Wildman–Crippen MR) is 116 cm³/mol. The number of hydrogen-bond acceptors (Lipinski definition) is 5. The van der Waals surface area contributed by atoms with Crippen LogP contribution in [0, 0.1) is 0 Å². The highest BCUT2D eigenvalue weighted by Gasteiger charge is 2.14. The van der Waals surface area contributed by atoms with Gasteiger partial charge in [0.15, 0.2) is 0 Å². The van der Waals surface area contributed by atoms with E-state index in [4.69, 9.17) is 9.47 Å². The molecule has 1 fully saturated rings. The van der Waals surface area contributed by atoms with Gasteiger partial charge in [0.25, 0.3) is 5.91 Å². The number of carbonyl (C=O) groups is 1. The third-order valence-electron chi connectivity index (χ3n) is 4.88. The lowest BCUT2D eigenvalue weighted by Gasteiger charge is -2.24. The van der Waals surface area contributed by atoms with Crippen LogP contribution in [-0.4, -0.2) is 37.2 Å². The smallest absolute Gasteiger partial charge is 0.256 e. The quantitative estimate of drug-likeness (QED) is 0.660. The molecule has 1 amide bonds. The first-order valence-electron chi connectivity index (χ1n) is 9.44. The first kappa shape index (κ1) is 20.9. The summed E-state index contributed by atoms with van der Waals surface area (Å²) < 4.78 is 11.2. The number of nitrogens with zero attached hydrogens (tertiary/aromatic N) is 1. The Balaban J connectivity index is 0.00000240. The van der Waals surface area contributed by atoms with Gasteiger partial charge in [-0.2, -0.15) is 0 Å². The van der Waals surface area contributed by atoms with E-state index in [0.29, 0.717) is 17.1 Å². The number of halogens is 1. The lowest BCUT2D eigenvalue weighted by Crippen LogP contribution is -2.34. The molecular formula is C22H24ClN3O3. The van der Waals surface area contributed by atoms with E-state index in [1.807, 2.05) is 24.3 Å². The van der Waals surface area contributed by atoms with Gasteiger partial charge in [0.2, 0.25) is 0 Å². The molecular weight excluding hydrogens is 390 g/mol. The van der Waals surface area contributed by atoms with Gasteiger partial charge in [0.1, 0.15) is 23.4 Å². The van der Waals surface area contributed by atoms with Crippen LogP contribution >= 0.6 is 12.4 Å². The zero-order valence-corrected chi connectivity index (χ0v) is 17.0. The zero-order valence-electron chi connectivity index (χ0n) is 16.2. The molecule has 1 saturated heterocycles. The molecule has 1 aromatic heterocycles. The highest BCUT2D eigenvalue weighted by Crippen LogP contribution is 2.25. The predicted octanol–water partition coefficient (Wildman–Crippen LogP) is 4.05. The number of hydrogen-bond donors (Lipinski definition) is 2. The molecule has 0 aliphatic carbocycles. The molecule has 6 nitrogen and oxygen atoms in total. The number of ether oxygens (including phenoxy) is 2. The average molecular weight is 414 g/mol. The van der Waals surface area contributed by atoms with E-state index < -0.39 is 0 Å². The molecule has 1 aliphatic heterocycles. The number of methoxy groups -OCH3 is 1. The SMILES string of the molecule is COc1ccc(C(=O)Nc2cc3cc(OC4CCNCC4)ccc3cn2)cc1.Cl. The minimum Gasteiger partial charge on any atom is -0.497 e. The van der Waals surface area contributed by atoms with Gasteiger partial charge in [-0.15, -0.1) is 12.4 Å². The van der Waals surface area contributed by atoms with Gasteiger partial charge in [0.05, 0.1) is 7.11 Å². The highest BCUT2D eigenvalue weighted by atomic mass is 35.5. The molecule has 7 heteroatoms. The molecule has 29 heavy (non-hydrogen) atoms. The fourth-order valence-electron chi connectivity index (χ4n) is 3.30. The second-order valence-electron chi connectivity index (χ2n) is 6.83. The Kier molecular flexibility index (Phi) is 6.90. The Morgan fingerprint density at radius 2 is 1.76 bits per heavy atom. The van der Waals surface area contributed by atoms with Gasteiger partial charge in [-0.3, -0.25) is 4.79 Å². The van der Waals surface area contributed by atoms with E-state index in [1.165, 1.54) is 0 Å². The van der Waals surface area contributed by atoms with Crippen LogP contribution in [0.4, 0.5) is 5.82 Å². The maximum atomic E-state index is 12.5. The summed E-state index contributed by atoms with van der Waals surface area (Å²) in [6, 6.07) is 14.8. The van der Waals surface area contributed by atoms with Crippen molar-refractivity contribution in [1.29, 1.82) is 0 Å². The summed E-state index contributed by atoms with van der Waals surface area (Å²) in [5.74, 6) is 1.85. The van der Waals surface area contributed by atoms with Crippen LogP contribution in [0.3, 0.4) is 0 Å². The maximum Gasteiger partial charge on any atom is 0.256 e. The van der Waals surface area contributed by atoms with Crippen molar-refractivity contribution in [2.75, 3.05) is 25.5 Å². The van der Waals surface area contributed by atoms with Gasteiger partial charge in [-0.1, -0.05) is 0 Å². The van der Waals surface area contributed by atoms with Gasteiger partial charge in [-0.05, 0) is 79.8 Å². The third-order valence-corrected chi connectivity index (χ3v) is 4.88. The molecule has 0 radical (unpaired) electrons. The van der Waals surface area contributed by atoms with Gasteiger partial charge in [-0.25, -0.2) is 4.98 Å². The first-order valence-corrected chi connectivity index (χ1v) is 9.44. The summed E-state index contributed by atoms with van der Waals surface area (Å²) in [6.45, 7) is 1.98. The molecule has 2 aromatic carbocycles. The van der Waals surface area contributed by atoms with Crippen molar-refractivity contribution in [3.8, 4) is 11.5 Å². The van der Waals surface area contributed by atoms with Crippen LogP contribution in [0.5, 0.6) is 11.5 Å². The van der Waals surface area contributed by atoms with Crippen LogP contribution in [0.25, 0.3) is 10.8 Å². The number of anilines is 1. The normalized spacial score (nSPS) is 14.1. The van der Waals surface area contributed by atoms with Crippen molar-refractivity contribution in [2.45, 2.75) is 18.9 Å². The minimum atomic E-state index is -0.211. The van der Waals surface area contributed by atoms with Gasteiger partial charge in [0, 0.05) is 17.1 Å². The summed E-state index contributed by atoms with van der Waals surface area (Å²) >= 11 is 0. The molecule has 0 spiro atoms. The number of nitrogens with one attached hydrogen (secondary N) is 2. The maximum absolute atomic E-state index is 12.5. The summed E-state index contributed by atoms with van der Waals surface area (Å²) in [6.07, 6.45) is 4.03. The number of benzene rings is 2. The Morgan fingerprint density at radius 3 is 2.48 bits per heavy atom. The zero-order chi connectivity index (χ0) is 19.3. The number of aromatic nitrogens is 1. The number of fused-ring (bicyclic) bond motifs is 1. The van der Waals surface area contributed by atoms with Crippen LogP contribution in [0.15, 0.2) is 54.7 Å². The lowest BCUT2D eigenvalue weighted by molar-refractivity contribution is 0.102. The van der Waals surface area contributed by atoms with Crippen molar-refractivity contribution in [1.82, 2.24) is 10.3 Å². The Bertz CT molecular complexity index is 973. The molecule has 3 aromatic rings. The Labute approximate surface area is 176 Å². The molecule has 1 aliphatic rings. The molecule has 2 heterocycles. The molecule has 152 valence electrons. The molecule has 0 atom stereocenters. The van der Waals surface area contributed by atoms with Crippen LogP contribution in [0.1, 0.15) is 23.2 Å². The monoisotopic (exact) mass is 413 g/mol. The van der Waals surface area contributed by atoms with Crippen LogP contribution in [-0.2, 0) is 0 Å².